The molecule has 24 heavy (non-hydrogen) atoms. The minimum absolute atomic E-state index is 0.556. The van der Waals surface area contributed by atoms with Crippen molar-refractivity contribution >= 4 is 0 Å². The third-order valence-corrected chi connectivity index (χ3v) is 3.59. The molecule has 0 atom stereocenters. The molecule has 3 rings (SSSR count). The second kappa shape index (κ2) is 8.12. The maximum atomic E-state index is 5.74. The van der Waals surface area contributed by atoms with Crippen LogP contribution in [0.25, 0.3) is 11.3 Å². The molecule has 124 valence electrons. The van der Waals surface area contributed by atoms with E-state index in [1.807, 2.05) is 48.8 Å². The number of para-hydroxylation sites is 2. The van der Waals surface area contributed by atoms with Crippen molar-refractivity contribution in [1.29, 1.82) is 0 Å². The molecular weight excluding hydrogens is 304 g/mol. The SMILES string of the molecule is COc1ccccc1OCCNCc1cn[nH]c1-c1cccnc1. The van der Waals surface area contributed by atoms with Crippen molar-refractivity contribution in [1.82, 2.24) is 20.5 Å². The number of pyridine rings is 1. The van der Waals surface area contributed by atoms with E-state index in [1.165, 1.54) is 0 Å². The van der Waals surface area contributed by atoms with E-state index >= 15 is 0 Å². The molecule has 0 bridgehead atoms. The van der Waals surface area contributed by atoms with Gasteiger partial charge < -0.3 is 14.8 Å². The maximum absolute atomic E-state index is 5.74. The first-order chi connectivity index (χ1) is 11.9. The quantitative estimate of drug-likeness (QED) is 0.623. The summed E-state index contributed by atoms with van der Waals surface area (Å²) in [7, 11) is 1.64. The van der Waals surface area contributed by atoms with E-state index < -0.39 is 0 Å². The van der Waals surface area contributed by atoms with Gasteiger partial charge >= 0.3 is 0 Å². The Bertz CT molecular complexity index is 758. The summed E-state index contributed by atoms with van der Waals surface area (Å²) >= 11 is 0. The minimum atomic E-state index is 0.556. The number of methoxy groups -OCH3 is 1. The zero-order chi connectivity index (χ0) is 16.6. The van der Waals surface area contributed by atoms with Gasteiger partial charge in [-0.3, -0.25) is 10.1 Å². The fourth-order valence-corrected chi connectivity index (χ4v) is 2.40. The maximum Gasteiger partial charge on any atom is 0.161 e. The largest absolute Gasteiger partial charge is 0.493 e. The molecule has 0 aliphatic rings. The smallest absolute Gasteiger partial charge is 0.161 e. The van der Waals surface area contributed by atoms with Crippen LogP contribution in [0.2, 0.25) is 0 Å². The minimum Gasteiger partial charge on any atom is -0.493 e. The van der Waals surface area contributed by atoms with Gasteiger partial charge in [-0.05, 0) is 24.3 Å². The van der Waals surface area contributed by atoms with Crippen molar-refractivity contribution in [3.8, 4) is 22.8 Å². The fourth-order valence-electron chi connectivity index (χ4n) is 2.40. The predicted octanol–water partition coefficient (Wildman–Crippen LogP) is 2.65. The van der Waals surface area contributed by atoms with E-state index in [2.05, 4.69) is 20.5 Å². The van der Waals surface area contributed by atoms with Crippen molar-refractivity contribution in [3.05, 3.63) is 60.6 Å². The molecule has 0 amide bonds. The number of rotatable bonds is 8. The number of ether oxygens (including phenoxy) is 2. The van der Waals surface area contributed by atoms with E-state index in [0.29, 0.717) is 13.2 Å². The second-order valence-corrected chi connectivity index (χ2v) is 5.19. The van der Waals surface area contributed by atoms with Gasteiger partial charge in [0.15, 0.2) is 11.5 Å². The first kappa shape index (κ1) is 16.0. The summed E-state index contributed by atoms with van der Waals surface area (Å²) in [5, 5.41) is 10.5. The van der Waals surface area contributed by atoms with Gasteiger partial charge in [-0.15, -0.1) is 0 Å². The van der Waals surface area contributed by atoms with Crippen LogP contribution in [0.1, 0.15) is 5.56 Å². The first-order valence-corrected chi connectivity index (χ1v) is 7.77. The van der Waals surface area contributed by atoms with Crippen molar-refractivity contribution in [3.63, 3.8) is 0 Å². The molecule has 0 fully saturated rings. The van der Waals surface area contributed by atoms with E-state index in [0.717, 1.165) is 34.9 Å². The molecule has 0 aliphatic carbocycles. The standard InChI is InChI=1S/C18H20N4O2/c1-23-16-6-2-3-7-17(16)24-10-9-20-12-15-13-21-22-18(15)14-5-4-8-19-11-14/h2-8,11,13,20H,9-10,12H2,1H3,(H,21,22). The number of H-pyrrole nitrogens is 1. The van der Waals surface area contributed by atoms with Gasteiger partial charge in [0.05, 0.1) is 19.0 Å². The van der Waals surface area contributed by atoms with Gasteiger partial charge in [0, 0.05) is 36.6 Å². The summed E-state index contributed by atoms with van der Waals surface area (Å²) in [6, 6.07) is 11.5. The molecular formula is C18H20N4O2. The lowest BCUT2D eigenvalue weighted by atomic mass is 10.1. The van der Waals surface area contributed by atoms with Crippen LogP contribution in [0.4, 0.5) is 0 Å². The molecule has 3 aromatic rings. The zero-order valence-electron chi connectivity index (χ0n) is 13.5. The Morgan fingerprint density at radius 1 is 1.08 bits per heavy atom. The molecule has 0 saturated carbocycles. The van der Waals surface area contributed by atoms with Crippen molar-refractivity contribution in [2.24, 2.45) is 0 Å². The van der Waals surface area contributed by atoms with Crippen LogP contribution in [-0.2, 0) is 6.54 Å². The summed E-state index contributed by atoms with van der Waals surface area (Å²) in [4.78, 5) is 4.14. The van der Waals surface area contributed by atoms with Crippen LogP contribution in [0.3, 0.4) is 0 Å². The summed E-state index contributed by atoms with van der Waals surface area (Å²) in [6.45, 7) is 1.98. The number of aromatic amines is 1. The molecule has 2 heterocycles. The van der Waals surface area contributed by atoms with Crippen molar-refractivity contribution in [2.45, 2.75) is 6.54 Å². The topological polar surface area (TPSA) is 72.1 Å². The number of benzene rings is 1. The van der Waals surface area contributed by atoms with E-state index in [1.54, 1.807) is 13.3 Å². The normalized spacial score (nSPS) is 10.5. The highest BCUT2D eigenvalue weighted by molar-refractivity contribution is 5.61. The van der Waals surface area contributed by atoms with Gasteiger partial charge in [-0.2, -0.15) is 5.10 Å². The molecule has 1 aromatic carbocycles. The molecule has 0 aliphatic heterocycles. The number of nitrogens with one attached hydrogen (secondary N) is 2. The molecule has 2 N–H and O–H groups in total. The third kappa shape index (κ3) is 3.91. The number of hydrogen-bond donors (Lipinski definition) is 2. The van der Waals surface area contributed by atoms with Crippen LogP contribution in [0.15, 0.2) is 55.0 Å². The molecule has 0 radical (unpaired) electrons. The van der Waals surface area contributed by atoms with Crippen LogP contribution >= 0.6 is 0 Å². The monoisotopic (exact) mass is 324 g/mol. The van der Waals surface area contributed by atoms with Gasteiger partial charge in [-0.1, -0.05) is 12.1 Å². The molecule has 0 unspecified atom stereocenters. The Hall–Kier alpha value is -2.86. The average molecular weight is 324 g/mol. The van der Waals surface area contributed by atoms with Crippen molar-refractivity contribution in [2.75, 3.05) is 20.3 Å². The molecule has 0 spiro atoms. The molecule has 6 heteroatoms. The van der Waals surface area contributed by atoms with Crippen LogP contribution in [0, 0.1) is 0 Å². The lowest BCUT2D eigenvalue weighted by Crippen LogP contribution is -2.20. The Balaban J connectivity index is 1.49. The highest BCUT2D eigenvalue weighted by atomic mass is 16.5. The third-order valence-electron chi connectivity index (χ3n) is 3.59. The predicted molar refractivity (Wildman–Crippen MR) is 92.0 cm³/mol. The fraction of sp³-hybridized carbons (Fsp3) is 0.222. The summed E-state index contributed by atoms with van der Waals surface area (Å²) < 4.78 is 11.0. The van der Waals surface area contributed by atoms with Gasteiger partial charge in [0.25, 0.3) is 0 Å². The summed E-state index contributed by atoms with van der Waals surface area (Å²) in [5.74, 6) is 1.49. The molecule has 0 saturated heterocycles. The zero-order valence-corrected chi connectivity index (χ0v) is 13.5. The molecule has 2 aromatic heterocycles. The van der Waals surface area contributed by atoms with Crippen LogP contribution in [0.5, 0.6) is 11.5 Å². The lowest BCUT2D eigenvalue weighted by Gasteiger charge is -2.11. The Kier molecular flexibility index (Phi) is 5.42. The van der Waals surface area contributed by atoms with E-state index in [4.69, 9.17) is 9.47 Å². The molecule has 6 nitrogen and oxygen atoms in total. The van der Waals surface area contributed by atoms with E-state index in [9.17, 15) is 0 Å². The Labute approximate surface area is 140 Å². The average Bonchev–Trinajstić information content (AvgIpc) is 3.11. The number of nitrogens with zero attached hydrogens (tertiary/aromatic N) is 2. The van der Waals surface area contributed by atoms with Crippen LogP contribution < -0.4 is 14.8 Å². The lowest BCUT2D eigenvalue weighted by molar-refractivity contribution is 0.292. The van der Waals surface area contributed by atoms with Gasteiger partial charge in [-0.25, -0.2) is 0 Å². The Morgan fingerprint density at radius 2 is 1.96 bits per heavy atom. The first-order valence-electron chi connectivity index (χ1n) is 7.77. The highest BCUT2D eigenvalue weighted by Gasteiger charge is 2.07. The Morgan fingerprint density at radius 3 is 2.75 bits per heavy atom. The van der Waals surface area contributed by atoms with Crippen LogP contribution in [-0.4, -0.2) is 35.4 Å². The summed E-state index contributed by atoms with van der Waals surface area (Å²) in [6.07, 6.45) is 5.41. The summed E-state index contributed by atoms with van der Waals surface area (Å²) in [5.41, 5.74) is 3.11. The number of hydrogen-bond acceptors (Lipinski definition) is 5. The van der Waals surface area contributed by atoms with Crippen molar-refractivity contribution < 1.29 is 9.47 Å². The van der Waals surface area contributed by atoms with Gasteiger partial charge in [0.1, 0.15) is 6.61 Å². The number of aromatic nitrogens is 3. The van der Waals surface area contributed by atoms with Gasteiger partial charge in [0.2, 0.25) is 0 Å². The second-order valence-electron chi connectivity index (χ2n) is 5.19. The van der Waals surface area contributed by atoms with E-state index in [-0.39, 0.29) is 0 Å². The highest BCUT2D eigenvalue weighted by Crippen LogP contribution is 2.25.